The largest absolute Gasteiger partial charge is 0.450 e. The number of benzene rings is 1. The number of fused-ring (bicyclic) bond motifs is 1. The number of aromatic nitrogens is 4. The first-order chi connectivity index (χ1) is 14.0. The molecule has 0 saturated heterocycles. The summed E-state index contributed by atoms with van der Waals surface area (Å²) in [6.45, 7) is 3.08. The standard InChI is InChI=1S/C19H19BrClN5O3/c1-2-28-19(27)23-8-12-7-13(21)9-22-18(12)29-15-6-5-14-17(16(15)20)24-25-26(14)10-11-3-4-11/h5-7,9,11H,2-4,8,10H2,1H3,(H,23,27). The molecular formula is C19H19BrClN5O3. The molecule has 2 aromatic heterocycles. The van der Waals surface area contributed by atoms with Crippen molar-refractivity contribution in [2.45, 2.75) is 32.9 Å². The van der Waals surface area contributed by atoms with Crippen LogP contribution < -0.4 is 10.1 Å². The molecule has 1 aliphatic rings. The number of ether oxygens (including phenoxy) is 2. The molecule has 0 unspecified atom stereocenters. The summed E-state index contributed by atoms with van der Waals surface area (Å²) in [7, 11) is 0. The van der Waals surface area contributed by atoms with E-state index < -0.39 is 6.09 Å². The van der Waals surface area contributed by atoms with Crippen molar-refractivity contribution >= 4 is 44.7 Å². The second kappa shape index (κ2) is 8.54. The zero-order valence-corrected chi connectivity index (χ0v) is 18.0. The third-order valence-electron chi connectivity index (χ3n) is 4.52. The lowest BCUT2D eigenvalue weighted by atomic mass is 10.2. The minimum Gasteiger partial charge on any atom is -0.450 e. The highest BCUT2D eigenvalue weighted by atomic mass is 79.9. The predicted octanol–water partition coefficient (Wildman–Crippen LogP) is 4.69. The van der Waals surface area contributed by atoms with E-state index in [1.165, 1.54) is 19.0 Å². The second-order valence-corrected chi connectivity index (χ2v) is 7.98. The molecule has 4 rings (SSSR count). The van der Waals surface area contributed by atoms with Gasteiger partial charge < -0.3 is 14.8 Å². The number of amides is 1. The van der Waals surface area contributed by atoms with Gasteiger partial charge in [-0.15, -0.1) is 5.10 Å². The molecule has 0 atom stereocenters. The van der Waals surface area contributed by atoms with E-state index in [0.29, 0.717) is 32.6 Å². The van der Waals surface area contributed by atoms with Crippen LogP contribution in [-0.4, -0.2) is 32.7 Å². The number of rotatable bonds is 7. The maximum Gasteiger partial charge on any atom is 0.407 e. The summed E-state index contributed by atoms with van der Waals surface area (Å²) in [5, 5.41) is 11.6. The first-order valence-electron chi connectivity index (χ1n) is 9.29. The van der Waals surface area contributed by atoms with Gasteiger partial charge in [0.15, 0.2) is 0 Å². The van der Waals surface area contributed by atoms with Crippen LogP contribution in [-0.2, 0) is 17.8 Å². The number of hydrogen-bond acceptors (Lipinski definition) is 6. The highest BCUT2D eigenvalue weighted by Crippen LogP contribution is 2.37. The van der Waals surface area contributed by atoms with Crippen LogP contribution in [0.25, 0.3) is 11.0 Å². The fourth-order valence-electron chi connectivity index (χ4n) is 2.89. The van der Waals surface area contributed by atoms with Gasteiger partial charge in [-0.3, -0.25) is 0 Å². The molecule has 29 heavy (non-hydrogen) atoms. The third-order valence-corrected chi connectivity index (χ3v) is 5.49. The molecule has 10 heteroatoms. The molecule has 152 valence electrons. The van der Waals surface area contributed by atoms with Crippen molar-refractivity contribution < 1.29 is 14.3 Å². The smallest absolute Gasteiger partial charge is 0.407 e. The highest BCUT2D eigenvalue weighted by molar-refractivity contribution is 9.10. The van der Waals surface area contributed by atoms with Gasteiger partial charge in [0.2, 0.25) is 5.88 Å². The van der Waals surface area contributed by atoms with Crippen molar-refractivity contribution in [1.29, 1.82) is 0 Å². The Morgan fingerprint density at radius 2 is 2.24 bits per heavy atom. The Balaban J connectivity index is 1.57. The number of pyridine rings is 1. The first kappa shape index (κ1) is 19.9. The van der Waals surface area contributed by atoms with Crippen molar-refractivity contribution in [2.75, 3.05) is 6.61 Å². The predicted molar refractivity (Wildman–Crippen MR) is 111 cm³/mol. The van der Waals surface area contributed by atoms with Gasteiger partial charge in [0, 0.05) is 18.3 Å². The van der Waals surface area contributed by atoms with E-state index in [9.17, 15) is 4.79 Å². The lowest BCUT2D eigenvalue weighted by molar-refractivity contribution is 0.151. The number of carbonyl (C=O) groups excluding carboxylic acids is 1. The van der Waals surface area contributed by atoms with Gasteiger partial charge in [-0.05, 0) is 59.8 Å². The molecule has 1 fully saturated rings. The normalized spacial score (nSPS) is 13.5. The Bertz CT molecular complexity index is 1050. The van der Waals surface area contributed by atoms with Gasteiger partial charge in [-0.1, -0.05) is 16.8 Å². The molecule has 1 aromatic carbocycles. The molecule has 1 amide bonds. The van der Waals surface area contributed by atoms with E-state index >= 15 is 0 Å². The monoisotopic (exact) mass is 479 g/mol. The van der Waals surface area contributed by atoms with Gasteiger partial charge >= 0.3 is 6.09 Å². The number of carbonyl (C=O) groups is 1. The van der Waals surface area contributed by atoms with Crippen molar-refractivity contribution in [3.05, 3.63) is 39.5 Å². The molecule has 2 heterocycles. The lowest BCUT2D eigenvalue weighted by Gasteiger charge is -2.12. The Labute approximate surface area is 180 Å². The third kappa shape index (κ3) is 4.62. The molecular weight excluding hydrogens is 462 g/mol. The number of nitrogens with one attached hydrogen (secondary N) is 1. The van der Waals surface area contributed by atoms with Crippen molar-refractivity contribution in [1.82, 2.24) is 25.3 Å². The minimum absolute atomic E-state index is 0.166. The van der Waals surface area contributed by atoms with Crippen molar-refractivity contribution in [3.63, 3.8) is 0 Å². The molecule has 8 nitrogen and oxygen atoms in total. The molecule has 1 saturated carbocycles. The molecule has 1 N–H and O–H groups in total. The van der Waals surface area contributed by atoms with Crippen LogP contribution in [0.15, 0.2) is 28.9 Å². The van der Waals surface area contributed by atoms with E-state index in [1.807, 2.05) is 16.8 Å². The zero-order valence-electron chi connectivity index (χ0n) is 15.7. The number of hydrogen-bond donors (Lipinski definition) is 1. The van der Waals surface area contributed by atoms with Gasteiger partial charge in [0.05, 0.1) is 28.2 Å². The molecule has 0 radical (unpaired) electrons. The molecule has 0 bridgehead atoms. The summed E-state index contributed by atoms with van der Waals surface area (Å²) in [4.78, 5) is 15.9. The van der Waals surface area contributed by atoms with E-state index in [0.717, 1.165) is 17.6 Å². The van der Waals surface area contributed by atoms with E-state index in [4.69, 9.17) is 21.1 Å². The maximum atomic E-state index is 11.6. The number of nitrogens with zero attached hydrogens (tertiary/aromatic N) is 4. The fourth-order valence-corrected chi connectivity index (χ4v) is 3.56. The first-order valence-corrected chi connectivity index (χ1v) is 10.5. The highest BCUT2D eigenvalue weighted by Gasteiger charge is 2.24. The quantitative estimate of drug-likeness (QED) is 0.527. The SMILES string of the molecule is CCOC(=O)NCc1cc(Cl)cnc1Oc1ccc2c(nnn2CC2CC2)c1Br. The summed E-state index contributed by atoms with van der Waals surface area (Å²) in [6, 6.07) is 5.47. The average molecular weight is 481 g/mol. The Hall–Kier alpha value is -2.39. The zero-order chi connectivity index (χ0) is 20.4. The van der Waals surface area contributed by atoms with Crippen LogP contribution in [0.4, 0.5) is 4.79 Å². The average Bonchev–Trinajstić information content (AvgIpc) is 3.42. The second-order valence-electron chi connectivity index (χ2n) is 6.75. The molecule has 1 aliphatic carbocycles. The molecule has 0 spiro atoms. The van der Waals surface area contributed by atoms with Crippen LogP contribution in [0.5, 0.6) is 11.6 Å². The topological polar surface area (TPSA) is 91.2 Å². The molecule has 0 aliphatic heterocycles. The van der Waals surface area contributed by atoms with E-state index in [1.54, 1.807) is 13.0 Å². The van der Waals surface area contributed by atoms with E-state index in [2.05, 4.69) is 36.5 Å². The van der Waals surface area contributed by atoms with Crippen LogP contribution in [0.1, 0.15) is 25.3 Å². The Morgan fingerprint density at radius 3 is 3.00 bits per heavy atom. The number of halogens is 2. The van der Waals surface area contributed by atoms with E-state index in [-0.39, 0.29) is 13.2 Å². The Morgan fingerprint density at radius 1 is 1.41 bits per heavy atom. The van der Waals surface area contributed by atoms with Crippen molar-refractivity contribution in [2.24, 2.45) is 5.92 Å². The summed E-state index contributed by atoms with van der Waals surface area (Å²) in [5.41, 5.74) is 2.29. The van der Waals surface area contributed by atoms with Crippen LogP contribution in [0, 0.1) is 5.92 Å². The Kier molecular flexibility index (Phi) is 5.86. The summed E-state index contributed by atoms with van der Waals surface area (Å²) in [5.74, 6) is 1.57. The van der Waals surface area contributed by atoms with Gasteiger partial charge in [-0.2, -0.15) is 0 Å². The van der Waals surface area contributed by atoms with Gasteiger partial charge in [0.25, 0.3) is 0 Å². The van der Waals surface area contributed by atoms with Crippen LogP contribution >= 0.6 is 27.5 Å². The van der Waals surface area contributed by atoms with Crippen LogP contribution in [0.3, 0.4) is 0 Å². The van der Waals surface area contributed by atoms with Gasteiger partial charge in [0.1, 0.15) is 11.3 Å². The van der Waals surface area contributed by atoms with Crippen LogP contribution in [0.2, 0.25) is 5.02 Å². The van der Waals surface area contributed by atoms with Gasteiger partial charge in [-0.25, -0.2) is 14.5 Å². The minimum atomic E-state index is -0.520. The summed E-state index contributed by atoms with van der Waals surface area (Å²) < 4.78 is 13.5. The fraction of sp³-hybridized carbons (Fsp3) is 0.368. The maximum absolute atomic E-state index is 11.6. The van der Waals surface area contributed by atoms with Crippen molar-refractivity contribution in [3.8, 4) is 11.6 Å². The molecule has 3 aromatic rings. The summed E-state index contributed by atoms with van der Waals surface area (Å²) >= 11 is 9.63. The lowest BCUT2D eigenvalue weighted by Crippen LogP contribution is -2.24. The number of alkyl carbamates (subject to hydrolysis) is 1. The summed E-state index contributed by atoms with van der Waals surface area (Å²) in [6.07, 6.45) is 3.46.